The van der Waals surface area contributed by atoms with Gasteiger partial charge in [0.25, 0.3) is 5.91 Å². The predicted octanol–water partition coefficient (Wildman–Crippen LogP) is 3.91. The average Bonchev–Trinajstić information content (AvgIpc) is 2.59. The van der Waals surface area contributed by atoms with Crippen LogP contribution in [0.3, 0.4) is 0 Å². The van der Waals surface area contributed by atoms with E-state index in [0.717, 1.165) is 19.3 Å². The minimum atomic E-state index is -0.313. The zero-order valence-corrected chi connectivity index (χ0v) is 13.5. The van der Waals surface area contributed by atoms with E-state index in [1.54, 1.807) is 5.48 Å². The molecule has 0 bridgehead atoms. The van der Waals surface area contributed by atoms with Gasteiger partial charge in [-0.2, -0.15) is 11.8 Å². The largest absolute Gasteiger partial charge is 0.289 e. The molecular weight excluding hydrogens is 294 g/mol. The van der Waals surface area contributed by atoms with Gasteiger partial charge in [0.2, 0.25) is 0 Å². The van der Waals surface area contributed by atoms with Gasteiger partial charge in [-0.25, -0.2) is 5.48 Å². The van der Waals surface area contributed by atoms with Crippen LogP contribution in [0.25, 0.3) is 11.1 Å². The molecule has 1 amide bonds. The van der Waals surface area contributed by atoms with Crippen molar-refractivity contribution in [2.45, 2.75) is 24.5 Å². The number of benzene rings is 2. The van der Waals surface area contributed by atoms with Gasteiger partial charge in [0.05, 0.1) is 5.25 Å². The number of rotatable bonds is 7. The molecule has 22 heavy (non-hydrogen) atoms. The maximum atomic E-state index is 11.4. The number of hydrogen-bond donors (Lipinski definition) is 2. The molecule has 0 aliphatic carbocycles. The van der Waals surface area contributed by atoms with Crippen molar-refractivity contribution in [2.24, 2.45) is 0 Å². The molecule has 0 spiro atoms. The molecule has 0 aliphatic rings. The zero-order valence-electron chi connectivity index (χ0n) is 12.7. The Morgan fingerprint density at radius 3 is 2.32 bits per heavy atom. The molecule has 116 valence electrons. The van der Waals surface area contributed by atoms with Gasteiger partial charge in [-0.1, -0.05) is 54.6 Å². The first-order valence-electron chi connectivity index (χ1n) is 7.35. The molecule has 0 aromatic heterocycles. The molecule has 2 aromatic carbocycles. The zero-order chi connectivity index (χ0) is 15.8. The summed E-state index contributed by atoms with van der Waals surface area (Å²) in [4.78, 5) is 11.4. The normalized spacial score (nSPS) is 11.9. The SMILES string of the molecule is CSC(CCCc1ccc(-c2ccccc2)cc1)C(=O)NO. The molecule has 0 saturated carbocycles. The van der Waals surface area contributed by atoms with Gasteiger partial charge in [-0.05, 0) is 42.2 Å². The molecule has 0 radical (unpaired) electrons. The Kier molecular flexibility index (Phi) is 6.49. The molecule has 0 fully saturated rings. The van der Waals surface area contributed by atoms with Crippen molar-refractivity contribution in [2.75, 3.05) is 6.26 Å². The summed E-state index contributed by atoms with van der Waals surface area (Å²) < 4.78 is 0. The number of aryl methyl sites for hydroxylation is 1. The van der Waals surface area contributed by atoms with E-state index in [0.29, 0.717) is 0 Å². The van der Waals surface area contributed by atoms with Crippen molar-refractivity contribution in [3.05, 3.63) is 60.2 Å². The number of hydrogen-bond acceptors (Lipinski definition) is 3. The highest BCUT2D eigenvalue weighted by molar-refractivity contribution is 7.99. The van der Waals surface area contributed by atoms with E-state index in [9.17, 15) is 4.79 Å². The summed E-state index contributed by atoms with van der Waals surface area (Å²) in [6, 6.07) is 18.9. The van der Waals surface area contributed by atoms with Gasteiger partial charge < -0.3 is 0 Å². The lowest BCUT2D eigenvalue weighted by atomic mass is 10.0. The van der Waals surface area contributed by atoms with Crippen LogP contribution in [0.1, 0.15) is 18.4 Å². The van der Waals surface area contributed by atoms with Gasteiger partial charge in [0, 0.05) is 0 Å². The van der Waals surface area contributed by atoms with Gasteiger partial charge in [-0.15, -0.1) is 0 Å². The van der Waals surface area contributed by atoms with Crippen molar-refractivity contribution in [1.29, 1.82) is 0 Å². The maximum Gasteiger partial charge on any atom is 0.256 e. The monoisotopic (exact) mass is 315 g/mol. The van der Waals surface area contributed by atoms with Crippen molar-refractivity contribution in [3.8, 4) is 11.1 Å². The number of carbonyl (C=O) groups excluding carboxylic acids is 1. The first-order valence-corrected chi connectivity index (χ1v) is 8.64. The summed E-state index contributed by atoms with van der Waals surface area (Å²) in [5, 5.41) is 8.49. The molecule has 2 aromatic rings. The van der Waals surface area contributed by atoms with Gasteiger partial charge >= 0.3 is 0 Å². The van der Waals surface area contributed by atoms with Crippen molar-refractivity contribution < 1.29 is 10.0 Å². The van der Waals surface area contributed by atoms with Crippen molar-refractivity contribution in [3.63, 3.8) is 0 Å². The van der Waals surface area contributed by atoms with Gasteiger partial charge in [0.1, 0.15) is 0 Å². The molecule has 0 heterocycles. The van der Waals surface area contributed by atoms with Gasteiger partial charge in [0.15, 0.2) is 0 Å². The van der Waals surface area contributed by atoms with E-state index in [-0.39, 0.29) is 11.2 Å². The summed E-state index contributed by atoms with van der Waals surface area (Å²) in [7, 11) is 0. The van der Waals surface area contributed by atoms with E-state index in [4.69, 9.17) is 5.21 Å². The highest BCUT2D eigenvalue weighted by atomic mass is 32.2. The molecule has 0 aliphatic heterocycles. The quantitative estimate of drug-likeness (QED) is 0.601. The second-order valence-electron chi connectivity index (χ2n) is 5.16. The first kappa shape index (κ1) is 16.6. The molecule has 2 N–H and O–H groups in total. The lowest BCUT2D eigenvalue weighted by molar-refractivity contribution is -0.128. The highest BCUT2D eigenvalue weighted by Crippen LogP contribution is 2.21. The fraction of sp³-hybridized carbons (Fsp3) is 0.278. The number of hydroxylamine groups is 1. The number of nitrogens with one attached hydrogen (secondary N) is 1. The van der Waals surface area contributed by atoms with E-state index in [1.807, 2.05) is 24.5 Å². The van der Waals surface area contributed by atoms with Crippen LogP contribution in [-0.4, -0.2) is 22.6 Å². The van der Waals surface area contributed by atoms with E-state index < -0.39 is 0 Å². The highest BCUT2D eigenvalue weighted by Gasteiger charge is 2.15. The summed E-state index contributed by atoms with van der Waals surface area (Å²) in [5.74, 6) is -0.313. The van der Waals surface area contributed by atoms with Crippen LogP contribution in [0.15, 0.2) is 54.6 Å². The van der Waals surface area contributed by atoms with Crippen LogP contribution < -0.4 is 5.48 Å². The topological polar surface area (TPSA) is 49.3 Å². The average molecular weight is 315 g/mol. The Morgan fingerprint density at radius 1 is 1.09 bits per heavy atom. The van der Waals surface area contributed by atoms with Crippen LogP contribution in [0.5, 0.6) is 0 Å². The van der Waals surface area contributed by atoms with Crippen LogP contribution in [0.2, 0.25) is 0 Å². The molecule has 3 nitrogen and oxygen atoms in total. The van der Waals surface area contributed by atoms with Crippen molar-refractivity contribution >= 4 is 17.7 Å². The summed E-state index contributed by atoms with van der Waals surface area (Å²) in [5.41, 5.74) is 5.43. The van der Waals surface area contributed by atoms with Crippen molar-refractivity contribution in [1.82, 2.24) is 5.48 Å². The molecule has 1 unspecified atom stereocenters. The Morgan fingerprint density at radius 2 is 1.73 bits per heavy atom. The van der Waals surface area contributed by atoms with Crippen LogP contribution in [-0.2, 0) is 11.2 Å². The van der Waals surface area contributed by atoms with Crippen LogP contribution in [0, 0.1) is 0 Å². The number of thioether (sulfide) groups is 1. The first-order chi connectivity index (χ1) is 10.7. The van der Waals surface area contributed by atoms with Crippen LogP contribution in [0.4, 0.5) is 0 Å². The fourth-order valence-electron chi connectivity index (χ4n) is 2.41. The van der Waals surface area contributed by atoms with E-state index in [2.05, 4.69) is 36.4 Å². The second-order valence-corrected chi connectivity index (χ2v) is 6.20. The van der Waals surface area contributed by atoms with E-state index in [1.165, 1.54) is 28.5 Å². The number of amides is 1. The summed E-state index contributed by atoms with van der Waals surface area (Å²) in [6.07, 6.45) is 4.50. The fourth-order valence-corrected chi connectivity index (χ4v) is 3.08. The predicted molar refractivity (Wildman–Crippen MR) is 92.0 cm³/mol. The lowest BCUT2D eigenvalue weighted by Crippen LogP contribution is -2.29. The molecule has 2 rings (SSSR count). The third-order valence-electron chi connectivity index (χ3n) is 3.68. The third kappa shape index (κ3) is 4.61. The second kappa shape index (κ2) is 8.61. The molecular formula is C18H21NO2S. The minimum Gasteiger partial charge on any atom is -0.289 e. The molecule has 4 heteroatoms. The van der Waals surface area contributed by atoms with Gasteiger partial charge in [-0.3, -0.25) is 10.0 Å². The standard InChI is InChI=1S/C18H21NO2S/c1-22-17(18(20)19-21)9-5-6-14-10-12-16(13-11-14)15-7-3-2-4-8-15/h2-4,7-8,10-13,17,21H,5-6,9H2,1H3,(H,19,20). The van der Waals surface area contributed by atoms with Crippen LogP contribution >= 0.6 is 11.8 Å². The number of carbonyl (C=O) groups is 1. The van der Waals surface area contributed by atoms with E-state index >= 15 is 0 Å². The third-order valence-corrected chi connectivity index (χ3v) is 4.70. The summed E-state index contributed by atoms with van der Waals surface area (Å²) >= 11 is 1.47. The Balaban J connectivity index is 1.88. The Labute approximate surface area is 135 Å². The molecule has 1 atom stereocenters. The lowest BCUT2D eigenvalue weighted by Gasteiger charge is -2.11. The smallest absolute Gasteiger partial charge is 0.256 e. The Bertz CT molecular complexity index is 584. The Hall–Kier alpha value is -1.78. The summed E-state index contributed by atoms with van der Waals surface area (Å²) in [6.45, 7) is 0. The molecule has 0 saturated heterocycles. The maximum absolute atomic E-state index is 11.4. The minimum absolute atomic E-state index is 0.186.